The Morgan fingerprint density at radius 3 is 1.32 bits per heavy atom. The fourth-order valence-electron chi connectivity index (χ4n) is 1.09. The normalized spacial score (nSPS) is 7.74. The van der Waals surface area contributed by atoms with E-state index in [-0.39, 0.29) is 5.82 Å². The molecule has 0 amide bonds. The first-order chi connectivity index (χ1) is 9.20. The van der Waals surface area contributed by atoms with Gasteiger partial charge in [0.25, 0.3) is 0 Å². The third-order valence-electron chi connectivity index (χ3n) is 2.02. The van der Waals surface area contributed by atoms with Gasteiger partial charge in [0.05, 0.1) is 0 Å². The minimum atomic E-state index is -0.132. The van der Waals surface area contributed by atoms with Crippen LogP contribution in [0.3, 0.4) is 0 Å². The van der Waals surface area contributed by atoms with E-state index in [1.807, 2.05) is 52.0 Å². The van der Waals surface area contributed by atoms with Crippen molar-refractivity contribution in [3.63, 3.8) is 0 Å². The van der Waals surface area contributed by atoms with E-state index in [0.717, 1.165) is 0 Å². The second-order valence-corrected chi connectivity index (χ2v) is 3.40. The first kappa shape index (κ1) is 19.7. The van der Waals surface area contributed by atoms with E-state index >= 15 is 0 Å². The Kier molecular flexibility index (Phi) is 15.0. The lowest BCUT2D eigenvalue weighted by Gasteiger charge is -1.89. The molecule has 0 radical (unpaired) electrons. The van der Waals surface area contributed by atoms with Crippen molar-refractivity contribution in [2.45, 2.75) is 41.5 Å². The molecule has 0 fully saturated rings. The first-order valence-electron chi connectivity index (χ1n) is 6.93. The van der Waals surface area contributed by atoms with Crippen LogP contribution in [0.2, 0.25) is 0 Å². The molecule has 19 heavy (non-hydrogen) atoms. The van der Waals surface area contributed by atoms with E-state index in [0.29, 0.717) is 5.56 Å². The lowest BCUT2D eigenvalue weighted by molar-refractivity contribution is 0.618. The van der Waals surface area contributed by atoms with E-state index in [2.05, 4.69) is 19.1 Å². The smallest absolute Gasteiger partial charge is 0.126 e. The standard InChI is InChI=1S/C7H7F.C7H8.2C2H6/c1-6-4-2-3-5-7(6)8;1-7-5-3-2-4-6-7;2*1-2/h2-5H,1H3;2-6H,1H3;2*1-2H3. The molecule has 2 aromatic carbocycles. The van der Waals surface area contributed by atoms with E-state index < -0.39 is 0 Å². The number of aryl methyl sites for hydroxylation is 2. The minimum Gasteiger partial charge on any atom is -0.207 e. The fourth-order valence-corrected chi connectivity index (χ4v) is 1.09. The van der Waals surface area contributed by atoms with Crippen molar-refractivity contribution in [1.29, 1.82) is 0 Å². The summed E-state index contributed by atoms with van der Waals surface area (Å²) in [7, 11) is 0. The van der Waals surface area contributed by atoms with Crippen LogP contribution in [-0.2, 0) is 0 Å². The van der Waals surface area contributed by atoms with Crippen molar-refractivity contribution >= 4 is 0 Å². The van der Waals surface area contributed by atoms with Gasteiger partial charge in [0.15, 0.2) is 0 Å². The van der Waals surface area contributed by atoms with Crippen LogP contribution < -0.4 is 0 Å². The van der Waals surface area contributed by atoms with Crippen LogP contribution >= 0.6 is 0 Å². The number of benzene rings is 2. The number of hydrogen-bond acceptors (Lipinski definition) is 0. The Morgan fingerprint density at radius 2 is 1.05 bits per heavy atom. The molecule has 106 valence electrons. The molecule has 0 unspecified atom stereocenters. The molecule has 0 bridgehead atoms. The molecule has 0 N–H and O–H groups in total. The van der Waals surface area contributed by atoms with Crippen molar-refractivity contribution in [1.82, 2.24) is 0 Å². The van der Waals surface area contributed by atoms with Gasteiger partial charge < -0.3 is 0 Å². The van der Waals surface area contributed by atoms with Crippen LogP contribution in [0, 0.1) is 19.7 Å². The van der Waals surface area contributed by atoms with Gasteiger partial charge in [0.2, 0.25) is 0 Å². The molecule has 0 aliphatic carbocycles. The molecule has 0 saturated heterocycles. The molecule has 2 aromatic rings. The van der Waals surface area contributed by atoms with Crippen LogP contribution in [0.5, 0.6) is 0 Å². The summed E-state index contributed by atoms with van der Waals surface area (Å²) in [5.41, 5.74) is 2.02. The number of rotatable bonds is 0. The zero-order valence-electron chi connectivity index (χ0n) is 13.1. The Bertz CT molecular complexity index is 372. The SMILES string of the molecule is CC.CC.Cc1ccccc1.Cc1ccccc1F. The highest BCUT2D eigenvalue weighted by molar-refractivity contribution is 5.14. The third-order valence-corrected chi connectivity index (χ3v) is 2.02. The summed E-state index contributed by atoms with van der Waals surface area (Å²) in [6.07, 6.45) is 0. The molecular weight excluding hydrogens is 235 g/mol. The molecular formula is C18H27F. The summed E-state index contributed by atoms with van der Waals surface area (Å²) in [5.74, 6) is -0.132. The average Bonchev–Trinajstić information content (AvgIpc) is 2.48. The number of halogens is 1. The molecule has 1 heteroatoms. The highest BCUT2D eigenvalue weighted by Crippen LogP contribution is 2.02. The summed E-state index contributed by atoms with van der Waals surface area (Å²) in [6, 6.07) is 17.0. The van der Waals surface area contributed by atoms with Crippen molar-refractivity contribution in [2.75, 3.05) is 0 Å². The molecule has 0 saturated carbocycles. The summed E-state index contributed by atoms with van der Waals surface area (Å²) >= 11 is 0. The Balaban J connectivity index is 0. The van der Waals surface area contributed by atoms with Gasteiger partial charge in [-0.05, 0) is 25.5 Å². The van der Waals surface area contributed by atoms with E-state index in [1.54, 1.807) is 19.1 Å². The zero-order valence-corrected chi connectivity index (χ0v) is 13.1. The Labute approximate surface area is 118 Å². The molecule has 0 heterocycles. The number of hydrogen-bond donors (Lipinski definition) is 0. The van der Waals surface area contributed by atoms with Crippen LogP contribution in [0.4, 0.5) is 4.39 Å². The highest BCUT2D eigenvalue weighted by atomic mass is 19.1. The van der Waals surface area contributed by atoms with Gasteiger partial charge in [0.1, 0.15) is 5.82 Å². The van der Waals surface area contributed by atoms with Gasteiger partial charge in [-0.2, -0.15) is 0 Å². The Hall–Kier alpha value is -1.63. The van der Waals surface area contributed by atoms with Crippen LogP contribution in [0.15, 0.2) is 54.6 Å². The highest BCUT2D eigenvalue weighted by Gasteiger charge is 1.88. The maximum Gasteiger partial charge on any atom is 0.126 e. The topological polar surface area (TPSA) is 0 Å². The predicted molar refractivity (Wildman–Crippen MR) is 85.0 cm³/mol. The van der Waals surface area contributed by atoms with E-state index in [1.165, 1.54) is 11.6 Å². The molecule has 0 spiro atoms. The van der Waals surface area contributed by atoms with Crippen LogP contribution in [0.25, 0.3) is 0 Å². The van der Waals surface area contributed by atoms with Crippen molar-refractivity contribution in [2.24, 2.45) is 0 Å². The minimum absolute atomic E-state index is 0.132. The quantitative estimate of drug-likeness (QED) is 0.531. The zero-order chi connectivity index (χ0) is 15.1. The molecule has 0 nitrogen and oxygen atoms in total. The third kappa shape index (κ3) is 11.2. The molecule has 2 rings (SSSR count). The second kappa shape index (κ2) is 14.4. The Morgan fingerprint density at radius 1 is 0.632 bits per heavy atom. The van der Waals surface area contributed by atoms with Crippen molar-refractivity contribution < 1.29 is 4.39 Å². The fraction of sp³-hybridized carbons (Fsp3) is 0.333. The van der Waals surface area contributed by atoms with E-state index in [9.17, 15) is 4.39 Å². The predicted octanol–water partition coefficient (Wildman–Crippen LogP) is 6.18. The molecule has 0 atom stereocenters. The van der Waals surface area contributed by atoms with Crippen molar-refractivity contribution in [3.05, 3.63) is 71.5 Å². The van der Waals surface area contributed by atoms with E-state index in [4.69, 9.17) is 0 Å². The second-order valence-electron chi connectivity index (χ2n) is 3.40. The summed E-state index contributed by atoms with van der Waals surface area (Å²) in [6.45, 7) is 11.8. The van der Waals surface area contributed by atoms with Gasteiger partial charge in [-0.15, -0.1) is 0 Å². The van der Waals surface area contributed by atoms with Crippen LogP contribution in [-0.4, -0.2) is 0 Å². The molecule has 0 aliphatic rings. The first-order valence-corrected chi connectivity index (χ1v) is 6.93. The van der Waals surface area contributed by atoms with Crippen LogP contribution in [0.1, 0.15) is 38.8 Å². The average molecular weight is 262 g/mol. The monoisotopic (exact) mass is 262 g/mol. The van der Waals surface area contributed by atoms with Gasteiger partial charge in [-0.25, -0.2) is 4.39 Å². The largest absolute Gasteiger partial charge is 0.207 e. The van der Waals surface area contributed by atoms with Gasteiger partial charge in [-0.3, -0.25) is 0 Å². The molecule has 0 aliphatic heterocycles. The lowest BCUT2D eigenvalue weighted by atomic mass is 10.2. The van der Waals surface area contributed by atoms with Crippen molar-refractivity contribution in [3.8, 4) is 0 Å². The van der Waals surface area contributed by atoms with Gasteiger partial charge >= 0.3 is 0 Å². The summed E-state index contributed by atoms with van der Waals surface area (Å²) in [5, 5.41) is 0. The summed E-state index contributed by atoms with van der Waals surface area (Å²) in [4.78, 5) is 0. The maximum absolute atomic E-state index is 12.3. The maximum atomic E-state index is 12.3. The molecule has 0 aromatic heterocycles. The lowest BCUT2D eigenvalue weighted by Crippen LogP contribution is -1.76. The summed E-state index contributed by atoms with van der Waals surface area (Å²) < 4.78 is 12.3. The van der Waals surface area contributed by atoms with Gasteiger partial charge in [-0.1, -0.05) is 81.8 Å². The van der Waals surface area contributed by atoms with Gasteiger partial charge in [0, 0.05) is 0 Å².